The third kappa shape index (κ3) is 3.11. The van der Waals surface area contributed by atoms with Crippen LogP contribution in [0.3, 0.4) is 0 Å². The van der Waals surface area contributed by atoms with Crippen molar-refractivity contribution < 1.29 is 9.15 Å². The van der Waals surface area contributed by atoms with Crippen LogP contribution in [0.4, 0.5) is 5.95 Å². The van der Waals surface area contributed by atoms with Crippen LogP contribution in [-0.4, -0.2) is 15.0 Å². The zero-order chi connectivity index (χ0) is 16.2. The first kappa shape index (κ1) is 14.5. The number of anilines is 1. The molecule has 3 rings (SSSR count). The van der Waals surface area contributed by atoms with Gasteiger partial charge in [-0.05, 0) is 31.2 Å². The monoisotopic (exact) mass is 307 g/mol. The fourth-order valence-corrected chi connectivity index (χ4v) is 2.08. The van der Waals surface area contributed by atoms with Crippen LogP contribution < -0.4 is 10.5 Å². The lowest BCUT2D eigenvalue weighted by atomic mass is 10.2. The van der Waals surface area contributed by atoms with E-state index in [9.17, 15) is 5.26 Å². The van der Waals surface area contributed by atoms with E-state index in [2.05, 4.69) is 15.0 Å². The Labute approximate surface area is 132 Å². The second kappa shape index (κ2) is 6.15. The fourth-order valence-electron chi connectivity index (χ4n) is 2.08. The Bertz CT molecular complexity index is 869. The predicted molar refractivity (Wildman–Crippen MR) is 82.2 cm³/mol. The van der Waals surface area contributed by atoms with Gasteiger partial charge in [0.25, 0.3) is 0 Å². The molecule has 0 saturated carbocycles. The summed E-state index contributed by atoms with van der Waals surface area (Å²) < 4.78 is 10.9. The molecule has 0 atom stereocenters. The van der Waals surface area contributed by atoms with Crippen LogP contribution in [0.2, 0.25) is 0 Å². The Hall–Kier alpha value is -3.40. The molecule has 3 heterocycles. The Kier molecular flexibility index (Phi) is 3.89. The van der Waals surface area contributed by atoms with Crippen LogP contribution in [-0.2, 0) is 6.61 Å². The lowest BCUT2D eigenvalue weighted by molar-refractivity contribution is 0.288. The van der Waals surface area contributed by atoms with E-state index in [-0.39, 0.29) is 24.0 Å². The number of nitrogen functional groups attached to an aromatic ring is 1. The van der Waals surface area contributed by atoms with Crippen molar-refractivity contribution in [2.75, 3.05) is 5.73 Å². The molecule has 7 heteroatoms. The van der Waals surface area contributed by atoms with Crippen molar-refractivity contribution in [1.82, 2.24) is 15.0 Å². The van der Waals surface area contributed by atoms with E-state index in [0.29, 0.717) is 11.5 Å². The van der Waals surface area contributed by atoms with E-state index in [4.69, 9.17) is 14.9 Å². The molecule has 2 N–H and O–H groups in total. The maximum atomic E-state index is 9.42. The van der Waals surface area contributed by atoms with Gasteiger partial charge in [-0.3, -0.25) is 4.98 Å². The van der Waals surface area contributed by atoms with Crippen molar-refractivity contribution >= 4 is 5.95 Å². The van der Waals surface area contributed by atoms with Gasteiger partial charge in [0, 0.05) is 5.69 Å². The Morgan fingerprint density at radius 2 is 2.09 bits per heavy atom. The molecule has 0 fully saturated rings. The van der Waals surface area contributed by atoms with Crippen LogP contribution in [0.1, 0.15) is 17.0 Å². The lowest BCUT2D eigenvalue weighted by Crippen LogP contribution is -2.06. The summed E-state index contributed by atoms with van der Waals surface area (Å²) in [4.78, 5) is 12.4. The van der Waals surface area contributed by atoms with Gasteiger partial charge in [-0.2, -0.15) is 10.2 Å². The van der Waals surface area contributed by atoms with Crippen molar-refractivity contribution in [3.05, 3.63) is 53.5 Å². The predicted octanol–water partition coefficient (Wildman–Crippen LogP) is 2.47. The van der Waals surface area contributed by atoms with E-state index in [1.807, 2.05) is 31.2 Å². The molecule has 0 saturated heterocycles. The summed E-state index contributed by atoms with van der Waals surface area (Å²) in [5, 5.41) is 9.42. The maximum Gasteiger partial charge on any atom is 0.237 e. The molecule has 3 aromatic rings. The number of hydrogen-bond acceptors (Lipinski definition) is 7. The summed E-state index contributed by atoms with van der Waals surface area (Å²) in [5.41, 5.74) is 7.79. The smallest absolute Gasteiger partial charge is 0.237 e. The first-order chi connectivity index (χ1) is 11.2. The highest BCUT2D eigenvalue weighted by Gasteiger charge is 2.18. The SMILES string of the molecule is Cc1cccc(COc2nc(N)nc(-c3ccco3)c2C#N)n1. The summed E-state index contributed by atoms with van der Waals surface area (Å²) in [6.07, 6.45) is 1.49. The highest BCUT2D eigenvalue weighted by Crippen LogP contribution is 2.28. The minimum absolute atomic E-state index is 0.00241. The Morgan fingerprint density at radius 3 is 2.78 bits per heavy atom. The van der Waals surface area contributed by atoms with E-state index in [1.165, 1.54) is 6.26 Å². The molecule has 0 aliphatic carbocycles. The summed E-state index contributed by atoms with van der Waals surface area (Å²) >= 11 is 0. The molecule has 0 radical (unpaired) electrons. The molecule has 0 aliphatic heterocycles. The second-order valence-electron chi connectivity index (χ2n) is 4.76. The van der Waals surface area contributed by atoms with Crippen LogP contribution >= 0.6 is 0 Å². The zero-order valence-electron chi connectivity index (χ0n) is 12.4. The first-order valence-corrected chi connectivity index (χ1v) is 6.84. The van der Waals surface area contributed by atoms with Gasteiger partial charge in [-0.1, -0.05) is 6.07 Å². The third-order valence-electron chi connectivity index (χ3n) is 3.06. The number of hydrogen-bond donors (Lipinski definition) is 1. The molecule has 0 amide bonds. The topological polar surface area (TPSA) is 111 Å². The molecule has 0 bridgehead atoms. The molecular weight excluding hydrogens is 294 g/mol. The molecule has 0 unspecified atom stereocenters. The second-order valence-corrected chi connectivity index (χ2v) is 4.76. The van der Waals surface area contributed by atoms with Crippen LogP contribution in [0.25, 0.3) is 11.5 Å². The number of nitrogens with two attached hydrogens (primary N) is 1. The van der Waals surface area contributed by atoms with Gasteiger partial charge in [0.15, 0.2) is 5.76 Å². The van der Waals surface area contributed by atoms with Gasteiger partial charge in [-0.25, -0.2) is 4.98 Å². The molecule has 7 nitrogen and oxygen atoms in total. The van der Waals surface area contributed by atoms with Gasteiger partial charge in [0.2, 0.25) is 11.8 Å². The third-order valence-corrected chi connectivity index (χ3v) is 3.06. The van der Waals surface area contributed by atoms with Crippen molar-refractivity contribution in [3.63, 3.8) is 0 Å². The van der Waals surface area contributed by atoms with E-state index in [0.717, 1.165) is 11.4 Å². The minimum Gasteiger partial charge on any atom is -0.470 e. The molecule has 3 aromatic heterocycles. The summed E-state index contributed by atoms with van der Waals surface area (Å²) in [6.45, 7) is 2.06. The van der Waals surface area contributed by atoms with Crippen molar-refractivity contribution in [2.45, 2.75) is 13.5 Å². The molecule has 0 spiro atoms. The van der Waals surface area contributed by atoms with E-state index in [1.54, 1.807) is 12.1 Å². The molecule has 23 heavy (non-hydrogen) atoms. The minimum atomic E-state index is 0.00241. The number of nitriles is 1. The van der Waals surface area contributed by atoms with Crippen molar-refractivity contribution in [3.8, 4) is 23.4 Å². The Balaban J connectivity index is 1.94. The van der Waals surface area contributed by atoms with Crippen LogP contribution in [0.15, 0.2) is 41.0 Å². The highest BCUT2D eigenvalue weighted by atomic mass is 16.5. The van der Waals surface area contributed by atoms with Gasteiger partial charge >= 0.3 is 0 Å². The molecule has 0 aromatic carbocycles. The molecular formula is C16H13N5O2. The van der Waals surface area contributed by atoms with Crippen LogP contribution in [0, 0.1) is 18.3 Å². The normalized spacial score (nSPS) is 10.3. The summed E-state index contributed by atoms with van der Waals surface area (Å²) in [6, 6.07) is 11.0. The lowest BCUT2D eigenvalue weighted by Gasteiger charge is -2.09. The quantitative estimate of drug-likeness (QED) is 0.788. The number of rotatable bonds is 4. The Morgan fingerprint density at radius 1 is 1.22 bits per heavy atom. The first-order valence-electron chi connectivity index (χ1n) is 6.84. The number of aromatic nitrogens is 3. The summed E-state index contributed by atoms with van der Waals surface area (Å²) in [5.74, 6) is 0.534. The average Bonchev–Trinajstić information content (AvgIpc) is 3.06. The molecule has 114 valence electrons. The fraction of sp³-hybridized carbons (Fsp3) is 0.125. The van der Waals surface area contributed by atoms with E-state index < -0.39 is 0 Å². The van der Waals surface area contributed by atoms with Gasteiger partial charge in [0.1, 0.15) is 23.9 Å². The molecule has 0 aliphatic rings. The van der Waals surface area contributed by atoms with Crippen molar-refractivity contribution in [1.29, 1.82) is 5.26 Å². The average molecular weight is 307 g/mol. The number of pyridine rings is 1. The van der Waals surface area contributed by atoms with Gasteiger partial charge in [-0.15, -0.1) is 0 Å². The highest BCUT2D eigenvalue weighted by molar-refractivity contribution is 5.65. The number of furan rings is 1. The van der Waals surface area contributed by atoms with Gasteiger partial charge in [0.05, 0.1) is 12.0 Å². The van der Waals surface area contributed by atoms with Crippen LogP contribution in [0.5, 0.6) is 5.88 Å². The number of ether oxygens (including phenoxy) is 1. The van der Waals surface area contributed by atoms with E-state index >= 15 is 0 Å². The maximum absolute atomic E-state index is 9.42. The largest absolute Gasteiger partial charge is 0.470 e. The van der Waals surface area contributed by atoms with Gasteiger partial charge < -0.3 is 14.9 Å². The zero-order valence-corrected chi connectivity index (χ0v) is 12.4. The number of aryl methyl sites for hydroxylation is 1. The van der Waals surface area contributed by atoms with Crippen molar-refractivity contribution in [2.24, 2.45) is 0 Å². The summed E-state index contributed by atoms with van der Waals surface area (Å²) in [7, 11) is 0. The standard InChI is InChI=1S/C16H13N5O2/c1-10-4-2-5-11(19-10)9-23-15-12(8-17)14(20-16(18)21-15)13-6-3-7-22-13/h2-7H,9H2,1H3,(H2,18,20,21). The number of nitrogens with zero attached hydrogens (tertiary/aromatic N) is 4.